The van der Waals surface area contributed by atoms with E-state index in [9.17, 15) is 14.9 Å². The van der Waals surface area contributed by atoms with Gasteiger partial charge >= 0.3 is 0 Å². The van der Waals surface area contributed by atoms with E-state index < -0.39 is 10.8 Å². The summed E-state index contributed by atoms with van der Waals surface area (Å²) < 4.78 is 5.71. The molecular weight excluding hydrogens is 468 g/mol. The molecule has 5 rings (SSSR count). The lowest BCUT2D eigenvalue weighted by atomic mass is 10.1. The number of nitro groups is 1. The summed E-state index contributed by atoms with van der Waals surface area (Å²) in [5.74, 6) is 0.0548. The number of amidine groups is 3. The highest BCUT2D eigenvalue weighted by molar-refractivity contribution is 8.26. The molecule has 0 unspecified atom stereocenters. The number of fused-ring (bicyclic) bond motifs is 1. The Kier molecular flexibility index (Phi) is 6.32. The Bertz CT molecular complexity index is 1280. The molecule has 1 saturated heterocycles. The van der Waals surface area contributed by atoms with E-state index in [0.717, 1.165) is 31.1 Å². The Balaban J connectivity index is 1.28. The van der Waals surface area contributed by atoms with Crippen LogP contribution in [-0.2, 0) is 11.4 Å². The van der Waals surface area contributed by atoms with Crippen molar-refractivity contribution in [2.75, 3.05) is 13.1 Å². The molecule has 1 N–H and O–H groups in total. The van der Waals surface area contributed by atoms with Crippen LogP contribution >= 0.6 is 11.8 Å². The molecule has 0 atom stereocenters. The number of nitrogens with one attached hydrogen (secondary N) is 1. The molecule has 0 spiro atoms. The van der Waals surface area contributed by atoms with Crippen molar-refractivity contribution < 1.29 is 14.5 Å². The monoisotopic (exact) mass is 490 g/mol. The highest BCUT2D eigenvalue weighted by Gasteiger charge is 2.37. The molecule has 1 fully saturated rings. The summed E-state index contributed by atoms with van der Waals surface area (Å²) in [5, 5.41) is 26.9. The van der Waals surface area contributed by atoms with Crippen LogP contribution in [0.4, 0.5) is 5.69 Å². The van der Waals surface area contributed by atoms with Crippen molar-refractivity contribution >= 4 is 45.6 Å². The third-order valence-corrected chi connectivity index (χ3v) is 6.81. The number of carbonyl (C=O) groups excluding carboxylic acids is 1. The maximum atomic E-state index is 12.7. The van der Waals surface area contributed by atoms with Crippen LogP contribution in [0.15, 0.2) is 64.2 Å². The summed E-state index contributed by atoms with van der Waals surface area (Å²) in [5.41, 5.74) is 1.34. The van der Waals surface area contributed by atoms with Gasteiger partial charge in [0, 0.05) is 19.2 Å². The number of nitrogens with zero attached hydrogens (tertiary/aromatic N) is 5. The van der Waals surface area contributed by atoms with Crippen LogP contribution in [0.1, 0.15) is 30.4 Å². The molecule has 3 heterocycles. The number of rotatable bonds is 5. The number of hydrogen-bond acceptors (Lipinski definition) is 8. The van der Waals surface area contributed by atoms with Gasteiger partial charge in [0.15, 0.2) is 11.0 Å². The number of benzene rings is 2. The predicted octanol–water partition coefficient (Wildman–Crippen LogP) is 4.24. The van der Waals surface area contributed by atoms with Gasteiger partial charge in [-0.05, 0) is 60.9 Å². The molecule has 3 aliphatic rings. The Morgan fingerprint density at radius 3 is 2.57 bits per heavy atom. The molecule has 178 valence electrons. The van der Waals surface area contributed by atoms with Crippen molar-refractivity contribution in [3.05, 3.63) is 75.3 Å². The second-order valence-corrected chi connectivity index (χ2v) is 9.13. The average Bonchev–Trinajstić information content (AvgIpc) is 3.31. The molecule has 35 heavy (non-hydrogen) atoms. The first-order chi connectivity index (χ1) is 17.0. The van der Waals surface area contributed by atoms with Gasteiger partial charge in [0.2, 0.25) is 5.17 Å². The van der Waals surface area contributed by atoms with E-state index in [1.165, 1.54) is 29.3 Å². The fraction of sp³-hybridized carbons (Fsp3) is 0.250. The molecule has 0 bridgehead atoms. The molecule has 1 amide bonds. The van der Waals surface area contributed by atoms with Crippen LogP contribution in [0.2, 0.25) is 0 Å². The van der Waals surface area contributed by atoms with Gasteiger partial charge in [-0.25, -0.2) is 0 Å². The first-order valence-corrected chi connectivity index (χ1v) is 12.0. The molecule has 10 nitrogen and oxygen atoms in total. The summed E-state index contributed by atoms with van der Waals surface area (Å²) in [7, 11) is 0. The number of hydrogen-bond donors (Lipinski definition) is 1. The molecule has 2 aromatic carbocycles. The van der Waals surface area contributed by atoms with Crippen molar-refractivity contribution in [1.29, 1.82) is 5.41 Å². The van der Waals surface area contributed by atoms with Crippen LogP contribution in [0.25, 0.3) is 6.08 Å². The van der Waals surface area contributed by atoms with Crippen LogP contribution in [0, 0.1) is 15.5 Å². The van der Waals surface area contributed by atoms with Crippen molar-refractivity contribution in [2.24, 2.45) is 10.1 Å². The number of piperidine rings is 1. The Hall–Kier alpha value is -3.99. The number of para-hydroxylation sites is 1. The first kappa shape index (κ1) is 22.8. The third-order valence-electron chi connectivity index (χ3n) is 5.84. The molecule has 0 aliphatic carbocycles. The van der Waals surface area contributed by atoms with E-state index >= 15 is 0 Å². The number of ether oxygens (including phenoxy) is 1. The second-order valence-electron chi connectivity index (χ2n) is 8.19. The topological polar surface area (TPSA) is 124 Å². The number of hydrazone groups is 1. The van der Waals surface area contributed by atoms with Crippen molar-refractivity contribution in [3.63, 3.8) is 0 Å². The second kappa shape index (κ2) is 9.71. The Morgan fingerprint density at radius 1 is 1.09 bits per heavy atom. The van der Waals surface area contributed by atoms with Gasteiger partial charge in [0.1, 0.15) is 12.4 Å². The van der Waals surface area contributed by atoms with Gasteiger partial charge in [-0.2, -0.15) is 10.0 Å². The number of thioether (sulfide) groups is 1. The van der Waals surface area contributed by atoms with Gasteiger partial charge in [0.05, 0.1) is 16.1 Å². The normalized spacial score (nSPS) is 18.9. The fourth-order valence-corrected chi connectivity index (χ4v) is 4.94. The maximum Gasteiger partial charge on any atom is 0.283 e. The minimum atomic E-state index is -0.472. The Labute approximate surface area is 205 Å². The highest BCUT2D eigenvalue weighted by Crippen LogP contribution is 2.31. The lowest BCUT2D eigenvalue weighted by molar-refractivity contribution is -0.385. The largest absolute Gasteiger partial charge is 0.489 e. The molecule has 11 heteroatoms. The van der Waals surface area contributed by atoms with Crippen LogP contribution < -0.4 is 4.74 Å². The molecule has 3 aliphatic heterocycles. The highest BCUT2D eigenvalue weighted by atomic mass is 32.2. The van der Waals surface area contributed by atoms with Crippen molar-refractivity contribution in [1.82, 2.24) is 9.91 Å². The predicted molar refractivity (Wildman–Crippen MR) is 134 cm³/mol. The van der Waals surface area contributed by atoms with Gasteiger partial charge in [-0.1, -0.05) is 24.3 Å². The number of amides is 1. The SMILES string of the molecule is N=C1/C(=C/c2ccc(OCc3ccccc3[N+](=O)[O-])cc2)C(=O)N=C2SC(N3CCCCC3)=NN12. The molecular formula is C24H22N6O4S. The van der Waals surface area contributed by atoms with E-state index in [0.29, 0.717) is 22.0 Å². The zero-order chi connectivity index (χ0) is 24.4. The van der Waals surface area contributed by atoms with E-state index in [1.54, 1.807) is 48.5 Å². The zero-order valence-corrected chi connectivity index (χ0v) is 19.5. The molecule has 0 aromatic heterocycles. The number of carbonyl (C=O) groups is 1. The standard InChI is InChI=1S/C24H22N6O4S/c25-21-19(22(31)26-23-29(21)27-24(35-23)28-12-4-1-5-13-28)14-16-8-10-18(11-9-16)34-15-17-6-2-3-7-20(17)30(32)33/h2-3,6-11,14,25H,1,4-5,12-13,15H2/b19-14-,25-21?. The number of aliphatic imine (C=N–C) groups is 1. The van der Waals surface area contributed by atoms with Crippen LogP contribution in [-0.4, -0.2) is 50.0 Å². The summed E-state index contributed by atoms with van der Waals surface area (Å²) in [6, 6.07) is 13.4. The lowest BCUT2D eigenvalue weighted by Gasteiger charge is -2.26. The summed E-state index contributed by atoms with van der Waals surface area (Å²) >= 11 is 1.33. The van der Waals surface area contributed by atoms with E-state index in [-0.39, 0.29) is 23.7 Å². The van der Waals surface area contributed by atoms with E-state index in [1.807, 2.05) is 0 Å². The van der Waals surface area contributed by atoms with E-state index in [4.69, 9.17) is 10.1 Å². The van der Waals surface area contributed by atoms with Crippen molar-refractivity contribution in [2.45, 2.75) is 25.9 Å². The van der Waals surface area contributed by atoms with Gasteiger partial charge in [-0.3, -0.25) is 20.3 Å². The molecule has 0 saturated carbocycles. The summed E-state index contributed by atoms with van der Waals surface area (Å²) in [6.07, 6.45) is 5.03. The zero-order valence-electron chi connectivity index (χ0n) is 18.7. The number of nitro benzene ring substituents is 1. The quantitative estimate of drug-likeness (QED) is 0.378. The number of likely N-dealkylation sites (tertiary alicyclic amines) is 1. The van der Waals surface area contributed by atoms with Gasteiger partial charge < -0.3 is 9.64 Å². The minimum Gasteiger partial charge on any atom is -0.489 e. The first-order valence-electron chi connectivity index (χ1n) is 11.2. The van der Waals surface area contributed by atoms with Crippen molar-refractivity contribution in [3.8, 4) is 5.75 Å². The fourth-order valence-electron chi connectivity index (χ4n) is 3.99. The third kappa shape index (κ3) is 4.80. The van der Waals surface area contributed by atoms with Crippen LogP contribution in [0.5, 0.6) is 5.75 Å². The van der Waals surface area contributed by atoms with Gasteiger partial charge in [0.25, 0.3) is 11.6 Å². The maximum absolute atomic E-state index is 12.7. The molecule has 2 aromatic rings. The average molecular weight is 491 g/mol. The van der Waals surface area contributed by atoms with Gasteiger partial charge in [-0.15, -0.1) is 5.10 Å². The smallest absolute Gasteiger partial charge is 0.283 e. The van der Waals surface area contributed by atoms with E-state index in [2.05, 4.69) is 15.0 Å². The summed E-state index contributed by atoms with van der Waals surface area (Å²) in [4.78, 5) is 29.7. The molecule has 0 radical (unpaired) electrons. The Morgan fingerprint density at radius 2 is 1.83 bits per heavy atom. The minimum absolute atomic E-state index is 0.00350. The lowest BCUT2D eigenvalue weighted by Crippen LogP contribution is -2.35. The van der Waals surface area contributed by atoms with Crippen LogP contribution in [0.3, 0.4) is 0 Å². The summed E-state index contributed by atoms with van der Waals surface area (Å²) in [6.45, 7) is 1.90.